The molecular formula is C94H128F2N22O12S4. The Morgan fingerprint density at radius 3 is 1.15 bits per heavy atom. The van der Waals surface area contributed by atoms with E-state index in [0.717, 1.165) is 147 Å². The standard InChI is InChI=1S/C25H32FN5O3S.C24H33N5O3S.C23H33N5O3S.C22H30FN7O3S/c1-16(2)21-12-19(26)13-22(18-10-8-7-9-11-18)24(21)27-25(32)29-35(33,34)23-14-20(15-30(5)6)31(28-23)17(3)4;1-24(2,3)29-18(15-28-11-6-12-28)14-21(26-29)33(31,32)27-23(30)25-22-19-9-4-7-16(19)13-17-8-5-10-20(17)22;1-23(2,3)28-17(14-27(4)5)13-20(25-28)32(30,31)26-22(29)24-21-18-10-6-8-15(18)12-16-9-7-11-19(16)21;1-13(2)17-9-15(23)10-18(19-8-14(3)25-30(19)7)21(17)24-22(31)27-34(32,33)20-11-16(12-28(4)5)29(6)26-20/h7-14,16-17H,15H2,1-6H3,(H2,27,29,32);13-14H,4-12,15H2,1-3H3,(H2,25,27,30);12-13H,6-11,14H2,1-5H3,(H2,24,26,29);8-11,13H,12H2,1-7H3,(H2,24,27,31). The van der Waals surface area contributed by atoms with Crippen molar-refractivity contribution in [2.75, 3.05) is 76.6 Å². The molecule has 0 saturated carbocycles. The molecule has 1 aliphatic heterocycles. The highest BCUT2D eigenvalue weighted by Gasteiger charge is 2.36. The van der Waals surface area contributed by atoms with Crippen molar-refractivity contribution in [3.05, 3.63) is 193 Å². The van der Waals surface area contributed by atoms with Gasteiger partial charge in [0.1, 0.15) is 11.6 Å². The molecule has 134 heavy (non-hydrogen) atoms. The zero-order chi connectivity index (χ0) is 97.9. The fourth-order valence-electron chi connectivity index (χ4n) is 17.6. The van der Waals surface area contributed by atoms with Crippen LogP contribution in [0.1, 0.15) is 217 Å². The zero-order valence-corrected chi connectivity index (χ0v) is 83.7. The van der Waals surface area contributed by atoms with Gasteiger partial charge in [0.25, 0.3) is 40.1 Å². The molecule has 0 unspecified atom stereocenters. The van der Waals surface area contributed by atoms with Crippen molar-refractivity contribution in [2.45, 2.75) is 249 Å². The van der Waals surface area contributed by atoms with E-state index in [1.54, 1.807) is 82.2 Å². The molecule has 5 aromatic heterocycles. The number of carbonyl (C=O) groups excluding carboxylic acids is 4. The molecule has 0 bridgehead atoms. The largest absolute Gasteiger partial charge is 0.333 e. The lowest BCUT2D eigenvalue weighted by molar-refractivity contribution is 0.162. The number of nitrogens with one attached hydrogen (secondary N) is 8. The van der Waals surface area contributed by atoms with Crippen LogP contribution in [-0.4, -0.2) is 182 Å². The van der Waals surface area contributed by atoms with Gasteiger partial charge < -0.3 is 36.0 Å². The number of benzene rings is 5. The van der Waals surface area contributed by atoms with Crippen molar-refractivity contribution in [1.29, 1.82) is 0 Å². The first-order chi connectivity index (χ1) is 62.7. The Morgan fingerprint density at radius 2 is 0.769 bits per heavy atom. The molecule has 0 spiro atoms. The Labute approximate surface area is 785 Å². The molecule has 0 radical (unpaired) electrons. The maximum Gasteiger partial charge on any atom is 0.333 e. The predicted octanol–water partition coefficient (Wildman–Crippen LogP) is 14.4. The molecule has 1 saturated heterocycles. The number of urea groups is 4. The first-order valence-electron chi connectivity index (χ1n) is 45.1. The molecule has 34 nitrogen and oxygen atoms in total. The molecular weight excluding hydrogens is 1800 g/mol. The van der Waals surface area contributed by atoms with Gasteiger partial charge in [-0.2, -0.15) is 59.2 Å². The van der Waals surface area contributed by atoms with Crippen molar-refractivity contribution in [3.8, 4) is 22.4 Å². The monoisotopic (exact) mass is 1920 g/mol. The summed E-state index contributed by atoms with van der Waals surface area (Å²) in [4.78, 5) is 59.4. The summed E-state index contributed by atoms with van der Waals surface area (Å²) in [6.07, 6.45) is 13.1. The topological polar surface area (TPSA) is 403 Å². The van der Waals surface area contributed by atoms with Crippen molar-refractivity contribution in [2.24, 2.45) is 14.1 Å². The van der Waals surface area contributed by atoms with Crippen LogP contribution < -0.4 is 40.2 Å². The van der Waals surface area contributed by atoms with Crippen molar-refractivity contribution < 1.29 is 61.6 Å². The van der Waals surface area contributed by atoms with Crippen LogP contribution >= 0.6 is 0 Å². The number of fused-ring (bicyclic) bond motifs is 4. The summed E-state index contributed by atoms with van der Waals surface area (Å²) in [5.41, 5.74) is 18.2. The van der Waals surface area contributed by atoms with Crippen molar-refractivity contribution in [3.63, 3.8) is 0 Å². The smallest absolute Gasteiger partial charge is 0.307 e. The average molecular weight is 1920 g/mol. The van der Waals surface area contributed by atoms with Gasteiger partial charge in [0.05, 0.1) is 56.6 Å². The molecule has 724 valence electrons. The molecule has 6 heterocycles. The van der Waals surface area contributed by atoms with E-state index in [-0.39, 0.29) is 43.5 Å². The minimum Gasteiger partial charge on any atom is -0.307 e. The third kappa shape index (κ3) is 24.3. The molecule has 1 fully saturated rings. The summed E-state index contributed by atoms with van der Waals surface area (Å²) in [5.74, 6) is -1.20. The maximum absolute atomic E-state index is 14.5. The Kier molecular flexibility index (Phi) is 31.2. The highest BCUT2D eigenvalue weighted by molar-refractivity contribution is 7.90. The maximum atomic E-state index is 14.5. The molecule has 5 aromatic carbocycles. The average Bonchev–Trinajstić information content (AvgIpc) is 1.67. The highest BCUT2D eigenvalue weighted by atomic mass is 32.2. The van der Waals surface area contributed by atoms with Gasteiger partial charge >= 0.3 is 24.1 Å². The van der Waals surface area contributed by atoms with Gasteiger partial charge in [0.2, 0.25) is 0 Å². The number of carbonyl (C=O) groups is 4. The number of halogens is 2. The lowest BCUT2D eigenvalue weighted by Crippen LogP contribution is -2.38. The second-order valence-electron chi connectivity index (χ2n) is 38.6. The van der Waals surface area contributed by atoms with Gasteiger partial charge in [-0.1, -0.05) is 70.2 Å². The van der Waals surface area contributed by atoms with Crippen LogP contribution in [0.15, 0.2) is 117 Å². The summed E-state index contributed by atoms with van der Waals surface area (Å²) >= 11 is 0. The van der Waals surface area contributed by atoms with Crippen LogP contribution in [0.4, 0.5) is 50.7 Å². The van der Waals surface area contributed by atoms with Gasteiger partial charge in [-0.3, -0.25) is 28.3 Å². The summed E-state index contributed by atoms with van der Waals surface area (Å²) in [7, 11) is -2.11. The van der Waals surface area contributed by atoms with Gasteiger partial charge in [-0.15, -0.1) is 0 Å². The van der Waals surface area contributed by atoms with Gasteiger partial charge in [0.15, 0.2) is 20.1 Å². The van der Waals surface area contributed by atoms with E-state index in [2.05, 4.69) is 78.0 Å². The fraction of sp³-hybridized carbons (Fsp3) is 0.479. The number of anilines is 4. The first kappa shape index (κ1) is 102. The summed E-state index contributed by atoms with van der Waals surface area (Å²) in [5, 5.41) is 31.6. The molecule has 5 aliphatic rings. The van der Waals surface area contributed by atoms with Crippen LogP contribution in [0.2, 0.25) is 0 Å². The van der Waals surface area contributed by atoms with Crippen molar-refractivity contribution in [1.82, 2.24) is 87.4 Å². The summed E-state index contributed by atoms with van der Waals surface area (Å²) in [6.45, 7) is 29.1. The normalized spacial score (nSPS) is 14.3. The lowest BCUT2D eigenvalue weighted by Gasteiger charge is -2.32. The number of likely N-dealkylation sites (tertiary alicyclic amines) is 1. The van der Waals surface area contributed by atoms with E-state index in [9.17, 15) is 61.6 Å². The highest BCUT2D eigenvalue weighted by Crippen LogP contribution is 2.43. The number of aryl methyl sites for hydroxylation is 7. The lowest BCUT2D eigenvalue weighted by atomic mass is 9.94. The Hall–Kier alpha value is -11.3. The minimum absolute atomic E-state index is 0.0658. The van der Waals surface area contributed by atoms with Gasteiger partial charge in [-0.25, -0.2) is 46.8 Å². The Morgan fingerprint density at radius 1 is 0.410 bits per heavy atom. The Balaban J connectivity index is 0.000000161. The molecule has 8 amide bonds. The number of nitrogens with zero attached hydrogens (tertiary/aromatic N) is 14. The number of aromatic nitrogens is 10. The summed E-state index contributed by atoms with van der Waals surface area (Å²) in [6, 6.07) is 23.2. The van der Waals surface area contributed by atoms with Crippen molar-refractivity contribution >= 4 is 87.0 Å². The van der Waals surface area contributed by atoms with Crippen LogP contribution in [0.25, 0.3) is 22.4 Å². The fourth-order valence-corrected chi connectivity index (χ4v) is 21.2. The van der Waals surface area contributed by atoms with Gasteiger partial charge in [0, 0.05) is 93.1 Å². The van der Waals surface area contributed by atoms with Gasteiger partial charge in [-0.05, 0) is 305 Å². The quantitative estimate of drug-likeness (QED) is 0.0263. The molecule has 4 aliphatic carbocycles. The predicted molar refractivity (Wildman–Crippen MR) is 514 cm³/mol. The second-order valence-corrected chi connectivity index (χ2v) is 45.1. The molecule has 8 N–H and O–H groups in total. The van der Waals surface area contributed by atoms with E-state index < -0.39 is 81.4 Å². The number of hydrogen-bond acceptors (Lipinski definition) is 21. The van der Waals surface area contributed by atoms with Crippen LogP contribution in [0.3, 0.4) is 0 Å². The molecule has 15 rings (SSSR count). The SMILES string of the molecule is CC(C)(C)n1nc(S(=O)(=O)NC(=O)Nc2c3c(cc4c2CCC4)CCC3)cc1CN1CCC1.CC(C)c1cc(F)cc(-c2ccccc2)c1NC(=O)NS(=O)(=O)c1cc(CN(C)C)n(C(C)C)n1.CN(C)Cc1cc(S(=O)(=O)NC(=O)Nc2c3c(cc4c2CCC4)CCC3)nn1C(C)(C)C.Cc1cc(-c2cc(F)cc(C(C)C)c2NC(=O)NS(=O)(=O)c2cc(CN(C)C)n(C)n2)n(C)n1. The molecule has 10 aromatic rings. The van der Waals surface area contributed by atoms with E-state index in [4.69, 9.17) is 0 Å². The second kappa shape index (κ2) is 41.1. The Bertz CT molecular complexity index is 6490. The first-order valence-corrected chi connectivity index (χ1v) is 51.1. The number of rotatable bonds is 25. The van der Waals surface area contributed by atoms with E-state index in [1.807, 2.05) is 151 Å². The number of sulfonamides is 4. The van der Waals surface area contributed by atoms with E-state index >= 15 is 0 Å². The molecule has 40 heteroatoms. The molecule has 0 atom stereocenters. The minimum atomic E-state index is -4.26. The van der Waals surface area contributed by atoms with Crippen LogP contribution in [0.5, 0.6) is 0 Å². The third-order valence-electron chi connectivity index (χ3n) is 23.6. The zero-order valence-electron chi connectivity index (χ0n) is 80.5. The number of amides is 8. The van der Waals surface area contributed by atoms with Crippen LogP contribution in [0, 0.1) is 18.6 Å². The summed E-state index contributed by atoms with van der Waals surface area (Å²) < 4.78 is 149. The third-order valence-corrected chi connectivity index (χ3v) is 28.4. The van der Waals surface area contributed by atoms with E-state index in [0.29, 0.717) is 82.5 Å². The van der Waals surface area contributed by atoms with E-state index in [1.165, 1.54) is 63.3 Å². The van der Waals surface area contributed by atoms with Crippen LogP contribution in [-0.2, 0) is 143 Å². The number of hydrogen-bond donors (Lipinski definition) is 8.